The lowest BCUT2D eigenvalue weighted by atomic mass is 9.99. The number of methoxy groups -OCH3 is 1. The quantitative estimate of drug-likeness (QED) is 0.917. The van der Waals surface area contributed by atoms with Crippen molar-refractivity contribution < 1.29 is 4.74 Å². The van der Waals surface area contributed by atoms with E-state index in [1.807, 2.05) is 25.1 Å². The number of nitrogen functional groups attached to an aromatic ring is 1. The predicted molar refractivity (Wildman–Crippen MR) is 77.3 cm³/mol. The molecular formula is C15H19N3O. The van der Waals surface area contributed by atoms with Crippen LogP contribution in [0.4, 0.5) is 5.82 Å². The minimum Gasteiger partial charge on any atom is -0.496 e. The Bertz CT molecular complexity index is 594. The van der Waals surface area contributed by atoms with Gasteiger partial charge in [0.05, 0.1) is 12.8 Å². The van der Waals surface area contributed by atoms with Crippen molar-refractivity contribution in [3.63, 3.8) is 0 Å². The fourth-order valence-electron chi connectivity index (χ4n) is 1.90. The molecule has 1 aromatic carbocycles. The molecule has 0 amide bonds. The molecule has 4 heteroatoms. The maximum Gasteiger partial charge on any atom is 0.149 e. The van der Waals surface area contributed by atoms with E-state index >= 15 is 0 Å². The Labute approximate surface area is 113 Å². The molecule has 0 aliphatic carbocycles. The number of ether oxygens (including phenoxy) is 1. The van der Waals surface area contributed by atoms with Crippen LogP contribution in [0.1, 0.15) is 30.9 Å². The minimum absolute atomic E-state index is 0.460. The van der Waals surface area contributed by atoms with E-state index < -0.39 is 0 Å². The Morgan fingerprint density at radius 3 is 2.47 bits per heavy atom. The molecule has 0 atom stereocenters. The zero-order chi connectivity index (χ0) is 14.0. The van der Waals surface area contributed by atoms with Crippen LogP contribution in [0.5, 0.6) is 5.75 Å². The van der Waals surface area contributed by atoms with Crippen LogP contribution in [0.25, 0.3) is 11.3 Å². The zero-order valence-corrected chi connectivity index (χ0v) is 11.8. The molecule has 0 spiro atoms. The molecule has 4 nitrogen and oxygen atoms in total. The molecule has 0 aliphatic rings. The highest BCUT2D eigenvalue weighted by molar-refractivity contribution is 5.69. The van der Waals surface area contributed by atoms with Crippen LogP contribution < -0.4 is 10.5 Å². The number of benzene rings is 1. The number of aryl methyl sites for hydroxylation is 1. The summed E-state index contributed by atoms with van der Waals surface area (Å²) in [5, 5.41) is 8.10. The van der Waals surface area contributed by atoms with Crippen molar-refractivity contribution in [2.24, 2.45) is 0 Å². The van der Waals surface area contributed by atoms with Crippen molar-refractivity contribution in [2.75, 3.05) is 12.8 Å². The lowest BCUT2D eigenvalue weighted by Crippen LogP contribution is -1.99. The van der Waals surface area contributed by atoms with Gasteiger partial charge in [-0.05, 0) is 42.2 Å². The molecule has 2 aromatic rings. The van der Waals surface area contributed by atoms with Crippen molar-refractivity contribution in [3.8, 4) is 17.0 Å². The van der Waals surface area contributed by atoms with E-state index in [1.165, 1.54) is 5.56 Å². The summed E-state index contributed by atoms with van der Waals surface area (Å²) in [5.41, 5.74) is 9.56. The van der Waals surface area contributed by atoms with Gasteiger partial charge in [-0.15, -0.1) is 10.2 Å². The molecule has 0 unspecified atom stereocenters. The molecule has 0 fully saturated rings. The molecule has 1 heterocycles. The number of hydrogen-bond acceptors (Lipinski definition) is 4. The van der Waals surface area contributed by atoms with Crippen molar-refractivity contribution in [1.82, 2.24) is 10.2 Å². The number of hydrogen-bond donors (Lipinski definition) is 1. The summed E-state index contributed by atoms with van der Waals surface area (Å²) in [5.74, 6) is 1.73. The van der Waals surface area contributed by atoms with Crippen molar-refractivity contribution in [2.45, 2.75) is 26.7 Å². The van der Waals surface area contributed by atoms with Gasteiger partial charge in [-0.25, -0.2) is 0 Å². The van der Waals surface area contributed by atoms with E-state index in [2.05, 4.69) is 30.1 Å². The fraction of sp³-hybridized carbons (Fsp3) is 0.333. The maximum absolute atomic E-state index is 5.70. The van der Waals surface area contributed by atoms with Gasteiger partial charge >= 0.3 is 0 Å². The summed E-state index contributed by atoms with van der Waals surface area (Å²) in [6, 6.07) is 8.09. The predicted octanol–water partition coefficient (Wildman–Crippen LogP) is 3.17. The largest absolute Gasteiger partial charge is 0.496 e. The third-order valence-corrected chi connectivity index (χ3v) is 3.19. The summed E-state index contributed by atoms with van der Waals surface area (Å²) in [7, 11) is 1.67. The van der Waals surface area contributed by atoms with Gasteiger partial charge in [0.15, 0.2) is 0 Å². The maximum atomic E-state index is 5.70. The minimum atomic E-state index is 0.460. The first-order valence-electron chi connectivity index (χ1n) is 6.31. The topological polar surface area (TPSA) is 61.0 Å². The molecule has 2 N–H and O–H groups in total. The lowest BCUT2D eigenvalue weighted by molar-refractivity contribution is 0.415. The highest BCUT2D eigenvalue weighted by Crippen LogP contribution is 2.32. The van der Waals surface area contributed by atoms with Gasteiger partial charge in [0.2, 0.25) is 0 Å². The van der Waals surface area contributed by atoms with Crippen LogP contribution >= 0.6 is 0 Å². The van der Waals surface area contributed by atoms with Gasteiger partial charge in [0.1, 0.15) is 11.6 Å². The van der Waals surface area contributed by atoms with Crippen LogP contribution in [0.3, 0.4) is 0 Å². The molecule has 0 saturated carbocycles. The van der Waals surface area contributed by atoms with Crippen LogP contribution in [-0.4, -0.2) is 17.3 Å². The monoisotopic (exact) mass is 257 g/mol. The average molecular weight is 257 g/mol. The Kier molecular flexibility index (Phi) is 3.69. The number of aromatic nitrogens is 2. The molecule has 0 radical (unpaired) electrons. The summed E-state index contributed by atoms with van der Waals surface area (Å²) in [4.78, 5) is 0. The second-order valence-corrected chi connectivity index (χ2v) is 4.91. The Hall–Kier alpha value is -2.10. The SMILES string of the molecule is COc1cc(C(C)C)ccc1-c1cc(C)c(N)nn1. The van der Waals surface area contributed by atoms with Gasteiger partial charge in [-0.1, -0.05) is 19.9 Å². The standard InChI is InChI=1S/C15H19N3O/c1-9(2)11-5-6-12(14(8-11)19-4)13-7-10(3)15(16)18-17-13/h5-9H,1-4H3,(H2,16,18). The van der Waals surface area contributed by atoms with E-state index in [0.29, 0.717) is 11.7 Å². The first kappa shape index (κ1) is 13.3. The number of nitrogens with zero attached hydrogens (tertiary/aromatic N) is 2. The molecular weight excluding hydrogens is 238 g/mol. The number of nitrogens with two attached hydrogens (primary N) is 1. The van der Waals surface area contributed by atoms with Gasteiger partial charge in [-0.3, -0.25) is 0 Å². The summed E-state index contributed by atoms with van der Waals surface area (Å²) < 4.78 is 5.46. The number of anilines is 1. The summed E-state index contributed by atoms with van der Waals surface area (Å²) in [6.07, 6.45) is 0. The van der Waals surface area contributed by atoms with Gasteiger partial charge in [0.25, 0.3) is 0 Å². The average Bonchev–Trinajstić information content (AvgIpc) is 2.41. The van der Waals surface area contributed by atoms with E-state index in [0.717, 1.165) is 22.6 Å². The molecule has 0 bridgehead atoms. The van der Waals surface area contributed by atoms with Crippen LogP contribution in [-0.2, 0) is 0 Å². The van der Waals surface area contributed by atoms with Crippen LogP contribution in [0.2, 0.25) is 0 Å². The second kappa shape index (κ2) is 5.26. The second-order valence-electron chi connectivity index (χ2n) is 4.91. The van der Waals surface area contributed by atoms with Gasteiger partial charge in [0, 0.05) is 5.56 Å². The van der Waals surface area contributed by atoms with Crippen molar-refractivity contribution >= 4 is 5.82 Å². The highest BCUT2D eigenvalue weighted by atomic mass is 16.5. The molecule has 0 aliphatic heterocycles. The third-order valence-electron chi connectivity index (χ3n) is 3.19. The summed E-state index contributed by atoms with van der Waals surface area (Å²) >= 11 is 0. The van der Waals surface area contributed by atoms with E-state index in [9.17, 15) is 0 Å². The fourth-order valence-corrected chi connectivity index (χ4v) is 1.90. The molecule has 1 aromatic heterocycles. The first-order valence-corrected chi connectivity index (χ1v) is 6.31. The normalized spacial score (nSPS) is 10.8. The Morgan fingerprint density at radius 1 is 1.16 bits per heavy atom. The van der Waals surface area contributed by atoms with Crippen molar-refractivity contribution in [1.29, 1.82) is 0 Å². The van der Waals surface area contributed by atoms with E-state index in [4.69, 9.17) is 10.5 Å². The summed E-state index contributed by atoms with van der Waals surface area (Å²) in [6.45, 7) is 6.23. The lowest BCUT2D eigenvalue weighted by Gasteiger charge is -2.12. The zero-order valence-electron chi connectivity index (χ0n) is 11.8. The smallest absolute Gasteiger partial charge is 0.149 e. The van der Waals surface area contributed by atoms with Gasteiger partial charge in [-0.2, -0.15) is 0 Å². The highest BCUT2D eigenvalue weighted by Gasteiger charge is 2.11. The van der Waals surface area contributed by atoms with Crippen LogP contribution in [0.15, 0.2) is 24.3 Å². The van der Waals surface area contributed by atoms with Crippen LogP contribution in [0, 0.1) is 6.92 Å². The molecule has 0 saturated heterocycles. The molecule has 100 valence electrons. The first-order chi connectivity index (χ1) is 9.02. The Morgan fingerprint density at radius 2 is 1.89 bits per heavy atom. The van der Waals surface area contributed by atoms with Crippen molar-refractivity contribution in [3.05, 3.63) is 35.4 Å². The molecule has 2 rings (SSSR count). The van der Waals surface area contributed by atoms with Gasteiger partial charge < -0.3 is 10.5 Å². The van der Waals surface area contributed by atoms with E-state index in [1.54, 1.807) is 7.11 Å². The third kappa shape index (κ3) is 2.67. The van der Waals surface area contributed by atoms with E-state index in [-0.39, 0.29) is 0 Å². The Balaban J connectivity index is 2.52. The molecule has 19 heavy (non-hydrogen) atoms. The number of rotatable bonds is 3.